The maximum absolute atomic E-state index is 12.6. The number of nitrogens with one attached hydrogen (secondary N) is 1. The van der Waals surface area contributed by atoms with Crippen LogP contribution in [0.15, 0.2) is 51.9 Å². The van der Waals surface area contributed by atoms with Crippen LogP contribution in [0.25, 0.3) is 22.1 Å². The van der Waals surface area contributed by atoms with Crippen LogP contribution in [-0.2, 0) is 6.54 Å². The Kier molecular flexibility index (Phi) is 3.74. The number of halogens is 1. The summed E-state index contributed by atoms with van der Waals surface area (Å²) in [5.41, 5.74) is 4.27. The Labute approximate surface area is 145 Å². The lowest BCUT2D eigenvalue weighted by Crippen LogP contribution is -2.44. The second kappa shape index (κ2) is 5.80. The fraction of sp³-hybridized carbons (Fsp3) is 0.316. The molecule has 4 heterocycles. The van der Waals surface area contributed by atoms with Crippen molar-refractivity contribution in [2.24, 2.45) is 5.92 Å². The number of benzene rings is 1. The molecule has 1 saturated heterocycles. The Morgan fingerprint density at radius 3 is 2.92 bits per heavy atom. The number of nitrogens with zero attached hydrogens (tertiary/aromatic N) is 1. The molecule has 2 bridgehead atoms. The molecule has 3 aromatic rings. The minimum atomic E-state index is 0. The lowest BCUT2D eigenvalue weighted by atomic mass is 9.83. The lowest BCUT2D eigenvalue weighted by molar-refractivity contribution is 0.257. The van der Waals surface area contributed by atoms with Crippen LogP contribution in [0, 0.1) is 5.92 Å². The fourth-order valence-corrected chi connectivity index (χ4v) is 4.12. The Morgan fingerprint density at radius 1 is 1.08 bits per heavy atom. The quantitative estimate of drug-likeness (QED) is 0.737. The molecule has 2 aliphatic heterocycles. The van der Waals surface area contributed by atoms with Crippen molar-refractivity contribution >= 4 is 23.4 Å². The smallest absolute Gasteiger partial charge is 0.251 e. The van der Waals surface area contributed by atoms with E-state index in [0.717, 1.165) is 41.7 Å². The van der Waals surface area contributed by atoms with Gasteiger partial charge in [-0.3, -0.25) is 4.79 Å². The Bertz CT molecular complexity index is 959. The van der Waals surface area contributed by atoms with Crippen molar-refractivity contribution in [3.63, 3.8) is 0 Å². The van der Waals surface area contributed by atoms with Crippen molar-refractivity contribution in [2.45, 2.75) is 18.9 Å². The normalized spacial score (nSPS) is 22.0. The summed E-state index contributed by atoms with van der Waals surface area (Å²) in [5.74, 6) is 1.04. The molecule has 0 unspecified atom stereocenters. The van der Waals surface area contributed by atoms with Crippen molar-refractivity contribution in [3.8, 4) is 11.1 Å². The highest BCUT2D eigenvalue weighted by molar-refractivity contribution is 5.85. The largest absolute Gasteiger partial charge is 0.464 e. The summed E-state index contributed by atoms with van der Waals surface area (Å²) in [7, 11) is 0. The van der Waals surface area contributed by atoms with Crippen LogP contribution in [0.5, 0.6) is 0 Å². The number of furan rings is 1. The third kappa shape index (κ3) is 2.38. The first-order chi connectivity index (χ1) is 11.3. The molecule has 0 saturated carbocycles. The molecule has 2 aromatic heterocycles. The standard InChI is InChI=1S/C19H18N2O2.ClH/c22-19-8-15(13-1-2-18-14(6-13)3-4-23-18)7-17-16-5-12(9-20-10-16)11-21(17)19;/h1-4,6-8,12,16,20H,5,9-11H2;1H/t12-,16+;/m0./s1. The molecule has 4 nitrogen and oxygen atoms in total. The molecule has 0 radical (unpaired) electrons. The van der Waals surface area contributed by atoms with Gasteiger partial charge in [-0.25, -0.2) is 0 Å². The average Bonchev–Trinajstić information content (AvgIpc) is 3.03. The Hall–Kier alpha value is -2.04. The van der Waals surface area contributed by atoms with Gasteiger partial charge in [0.05, 0.1) is 6.26 Å². The van der Waals surface area contributed by atoms with E-state index in [2.05, 4.69) is 17.4 Å². The molecule has 0 spiro atoms. The van der Waals surface area contributed by atoms with Gasteiger partial charge in [0.1, 0.15) is 5.58 Å². The predicted molar refractivity (Wildman–Crippen MR) is 96.9 cm³/mol. The molecule has 1 aromatic carbocycles. The highest BCUT2D eigenvalue weighted by atomic mass is 35.5. The maximum atomic E-state index is 12.6. The molecular formula is C19H19ClN2O2. The summed E-state index contributed by atoms with van der Waals surface area (Å²) < 4.78 is 7.39. The van der Waals surface area contributed by atoms with Crippen molar-refractivity contribution in [2.75, 3.05) is 13.1 Å². The molecule has 0 aliphatic carbocycles. The van der Waals surface area contributed by atoms with Crippen LogP contribution < -0.4 is 10.9 Å². The molecule has 0 amide bonds. The van der Waals surface area contributed by atoms with E-state index in [9.17, 15) is 4.79 Å². The second-order valence-corrected chi connectivity index (χ2v) is 6.75. The first kappa shape index (κ1) is 15.5. The number of hydrogen-bond donors (Lipinski definition) is 1. The van der Waals surface area contributed by atoms with Crippen molar-refractivity contribution in [3.05, 3.63) is 58.7 Å². The summed E-state index contributed by atoms with van der Waals surface area (Å²) in [5, 5.41) is 4.57. The topological polar surface area (TPSA) is 47.2 Å². The average molecular weight is 343 g/mol. The molecule has 1 N–H and O–H groups in total. The van der Waals surface area contributed by atoms with Gasteiger partial charge >= 0.3 is 0 Å². The predicted octanol–water partition coefficient (Wildman–Crippen LogP) is 3.39. The molecule has 124 valence electrons. The van der Waals surface area contributed by atoms with Crippen molar-refractivity contribution in [1.82, 2.24) is 9.88 Å². The summed E-state index contributed by atoms with van der Waals surface area (Å²) in [6.45, 7) is 2.85. The molecular weight excluding hydrogens is 324 g/mol. The summed E-state index contributed by atoms with van der Waals surface area (Å²) in [4.78, 5) is 12.6. The molecule has 2 aliphatic rings. The molecule has 1 fully saturated rings. The van der Waals surface area contributed by atoms with E-state index in [-0.39, 0.29) is 18.0 Å². The van der Waals surface area contributed by atoms with Crippen LogP contribution in [0.2, 0.25) is 0 Å². The molecule has 5 rings (SSSR count). The molecule has 5 heteroatoms. The number of aromatic nitrogens is 1. The zero-order valence-corrected chi connectivity index (χ0v) is 14.0. The van der Waals surface area contributed by atoms with Gasteiger partial charge in [-0.1, -0.05) is 6.07 Å². The van der Waals surface area contributed by atoms with Gasteiger partial charge in [-0.15, -0.1) is 12.4 Å². The SMILES string of the molecule is Cl.O=c1cc(-c2ccc3occc3c2)cc2n1C[C@@H]1CNC[C@H]2C1. The van der Waals surface area contributed by atoms with E-state index in [1.54, 1.807) is 12.3 Å². The van der Waals surface area contributed by atoms with Crippen LogP contribution >= 0.6 is 12.4 Å². The van der Waals surface area contributed by atoms with E-state index in [1.807, 2.05) is 22.8 Å². The number of piperidine rings is 1. The Balaban J connectivity index is 0.00000146. The maximum Gasteiger partial charge on any atom is 0.251 e. The van der Waals surface area contributed by atoms with E-state index >= 15 is 0 Å². The van der Waals surface area contributed by atoms with E-state index in [0.29, 0.717) is 11.8 Å². The zero-order chi connectivity index (χ0) is 15.4. The molecule has 24 heavy (non-hydrogen) atoms. The number of pyridine rings is 1. The van der Waals surface area contributed by atoms with Crippen LogP contribution in [-0.4, -0.2) is 17.7 Å². The van der Waals surface area contributed by atoms with Gasteiger partial charge in [-0.2, -0.15) is 0 Å². The summed E-state index contributed by atoms with van der Waals surface area (Å²) in [6, 6.07) is 12.0. The third-order valence-corrected chi connectivity index (χ3v) is 5.25. The van der Waals surface area contributed by atoms with Crippen LogP contribution in [0.4, 0.5) is 0 Å². The molecule has 2 atom stereocenters. The highest BCUT2D eigenvalue weighted by Gasteiger charge is 2.31. The minimum Gasteiger partial charge on any atom is -0.464 e. The summed E-state index contributed by atoms with van der Waals surface area (Å²) in [6.07, 6.45) is 2.89. The highest BCUT2D eigenvalue weighted by Crippen LogP contribution is 2.34. The van der Waals surface area contributed by atoms with Gasteiger partial charge in [0.15, 0.2) is 0 Å². The number of hydrogen-bond acceptors (Lipinski definition) is 3. The van der Waals surface area contributed by atoms with E-state index in [1.165, 1.54) is 12.1 Å². The lowest BCUT2D eigenvalue weighted by Gasteiger charge is -2.37. The first-order valence-electron chi connectivity index (χ1n) is 8.21. The number of fused-ring (bicyclic) bond motifs is 5. The number of rotatable bonds is 1. The van der Waals surface area contributed by atoms with Gasteiger partial charge in [0.2, 0.25) is 0 Å². The van der Waals surface area contributed by atoms with Crippen molar-refractivity contribution < 1.29 is 4.42 Å². The Morgan fingerprint density at radius 2 is 2.00 bits per heavy atom. The fourth-order valence-electron chi connectivity index (χ4n) is 4.12. The monoisotopic (exact) mass is 342 g/mol. The van der Waals surface area contributed by atoms with E-state index < -0.39 is 0 Å². The van der Waals surface area contributed by atoms with Gasteiger partial charge in [-0.05, 0) is 54.3 Å². The minimum absolute atomic E-state index is 0. The van der Waals surface area contributed by atoms with Gasteiger partial charge in [0.25, 0.3) is 5.56 Å². The first-order valence-corrected chi connectivity index (χ1v) is 8.21. The van der Waals surface area contributed by atoms with Gasteiger partial charge in [0, 0.05) is 36.2 Å². The van der Waals surface area contributed by atoms with Crippen LogP contribution in [0.3, 0.4) is 0 Å². The van der Waals surface area contributed by atoms with Gasteiger partial charge < -0.3 is 14.3 Å². The second-order valence-electron chi connectivity index (χ2n) is 6.75. The zero-order valence-electron chi connectivity index (χ0n) is 13.2. The van der Waals surface area contributed by atoms with E-state index in [4.69, 9.17) is 4.42 Å². The van der Waals surface area contributed by atoms with Crippen molar-refractivity contribution in [1.29, 1.82) is 0 Å². The summed E-state index contributed by atoms with van der Waals surface area (Å²) >= 11 is 0. The third-order valence-electron chi connectivity index (χ3n) is 5.25. The van der Waals surface area contributed by atoms with Crippen LogP contribution in [0.1, 0.15) is 18.0 Å².